The van der Waals surface area contributed by atoms with Gasteiger partial charge in [0.25, 0.3) is 0 Å². The average Bonchev–Trinajstić information content (AvgIpc) is 2.42. The summed E-state index contributed by atoms with van der Waals surface area (Å²) in [4.78, 5) is 11.1. The third-order valence-electron chi connectivity index (χ3n) is 2.17. The van der Waals surface area contributed by atoms with E-state index in [0.29, 0.717) is 6.42 Å². The molecule has 1 unspecified atom stereocenters. The highest BCUT2D eigenvalue weighted by molar-refractivity contribution is 5.94. The standard InChI is InChI=1S/C10H11NO2/c1-6(12)7-2-3-9-8(4-7)5-10(11)13-9/h2-4,10H,5,11H2,1H3. The van der Waals surface area contributed by atoms with Crippen LogP contribution in [0.2, 0.25) is 0 Å². The first-order valence-electron chi connectivity index (χ1n) is 4.23. The first-order chi connectivity index (χ1) is 6.16. The number of hydrogen-bond donors (Lipinski definition) is 1. The molecule has 1 aromatic rings. The Morgan fingerprint density at radius 2 is 2.38 bits per heavy atom. The SMILES string of the molecule is CC(=O)c1ccc2c(c1)CC(N)O2. The lowest BCUT2D eigenvalue weighted by atomic mass is 10.1. The van der Waals surface area contributed by atoms with Gasteiger partial charge in [-0.05, 0) is 25.1 Å². The molecule has 1 aliphatic rings. The van der Waals surface area contributed by atoms with Crippen molar-refractivity contribution in [1.82, 2.24) is 0 Å². The molecule has 3 nitrogen and oxygen atoms in total. The van der Waals surface area contributed by atoms with Gasteiger partial charge in [0.15, 0.2) is 12.0 Å². The Kier molecular flexibility index (Phi) is 1.81. The molecule has 1 heterocycles. The van der Waals surface area contributed by atoms with Gasteiger partial charge in [0, 0.05) is 17.5 Å². The van der Waals surface area contributed by atoms with Crippen LogP contribution in [0.25, 0.3) is 0 Å². The Bertz CT molecular complexity index is 360. The minimum atomic E-state index is -0.253. The van der Waals surface area contributed by atoms with Crippen LogP contribution < -0.4 is 10.5 Å². The Hall–Kier alpha value is -1.35. The van der Waals surface area contributed by atoms with Gasteiger partial charge in [0.1, 0.15) is 5.75 Å². The predicted molar refractivity (Wildman–Crippen MR) is 48.8 cm³/mol. The number of carbonyl (C=O) groups excluding carboxylic acids is 1. The predicted octanol–water partition coefficient (Wildman–Crippen LogP) is 1.11. The maximum Gasteiger partial charge on any atom is 0.159 e. The summed E-state index contributed by atoms with van der Waals surface area (Å²) in [6.07, 6.45) is 0.438. The largest absolute Gasteiger partial charge is 0.475 e. The highest BCUT2D eigenvalue weighted by Crippen LogP contribution is 2.27. The van der Waals surface area contributed by atoms with Crippen LogP contribution in [0.15, 0.2) is 18.2 Å². The number of rotatable bonds is 1. The van der Waals surface area contributed by atoms with Crippen LogP contribution in [-0.2, 0) is 6.42 Å². The molecule has 0 amide bonds. The van der Waals surface area contributed by atoms with Crippen molar-refractivity contribution in [3.05, 3.63) is 29.3 Å². The number of nitrogens with two attached hydrogens (primary N) is 1. The van der Waals surface area contributed by atoms with E-state index < -0.39 is 0 Å². The first-order valence-corrected chi connectivity index (χ1v) is 4.23. The van der Waals surface area contributed by atoms with E-state index in [1.165, 1.54) is 0 Å². The molecule has 1 aliphatic heterocycles. The van der Waals surface area contributed by atoms with E-state index in [1.807, 2.05) is 6.07 Å². The molecule has 0 saturated carbocycles. The topological polar surface area (TPSA) is 52.3 Å². The molecule has 0 bridgehead atoms. The summed E-state index contributed by atoms with van der Waals surface area (Å²) in [6, 6.07) is 5.42. The summed E-state index contributed by atoms with van der Waals surface area (Å²) in [6.45, 7) is 1.55. The monoisotopic (exact) mass is 177 g/mol. The number of fused-ring (bicyclic) bond motifs is 1. The number of hydrogen-bond acceptors (Lipinski definition) is 3. The van der Waals surface area contributed by atoms with Crippen molar-refractivity contribution < 1.29 is 9.53 Å². The van der Waals surface area contributed by atoms with E-state index >= 15 is 0 Å². The summed E-state index contributed by atoms with van der Waals surface area (Å²) in [5, 5.41) is 0. The summed E-state index contributed by atoms with van der Waals surface area (Å²) >= 11 is 0. The van der Waals surface area contributed by atoms with Crippen LogP contribution in [0, 0.1) is 0 Å². The fraction of sp³-hybridized carbons (Fsp3) is 0.300. The first kappa shape index (κ1) is 8.26. The molecule has 2 N–H and O–H groups in total. The Labute approximate surface area is 76.5 Å². The number of ketones is 1. The second kappa shape index (κ2) is 2.85. The maximum atomic E-state index is 11.1. The molecule has 0 fully saturated rings. The van der Waals surface area contributed by atoms with Gasteiger partial charge in [-0.15, -0.1) is 0 Å². The molecular weight excluding hydrogens is 166 g/mol. The van der Waals surface area contributed by atoms with Crippen molar-refractivity contribution in [2.75, 3.05) is 0 Å². The highest BCUT2D eigenvalue weighted by atomic mass is 16.5. The van der Waals surface area contributed by atoms with Gasteiger partial charge in [0.2, 0.25) is 0 Å². The van der Waals surface area contributed by atoms with Crippen molar-refractivity contribution in [2.24, 2.45) is 5.73 Å². The fourth-order valence-corrected chi connectivity index (χ4v) is 1.49. The minimum absolute atomic E-state index is 0.0725. The van der Waals surface area contributed by atoms with Crippen molar-refractivity contribution in [2.45, 2.75) is 19.6 Å². The van der Waals surface area contributed by atoms with E-state index in [0.717, 1.165) is 16.9 Å². The van der Waals surface area contributed by atoms with Crippen LogP contribution in [0.5, 0.6) is 5.75 Å². The average molecular weight is 177 g/mol. The minimum Gasteiger partial charge on any atom is -0.475 e. The molecule has 0 spiro atoms. The third kappa shape index (κ3) is 1.42. The Balaban J connectivity index is 2.40. The fourth-order valence-electron chi connectivity index (χ4n) is 1.49. The molecule has 13 heavy (non-hydrogen) atoms. The van der Waals surface area contributed by atoms with Gasteiger partial charge in [0.05, 0.1) is 0 Å². The lowest BCUT2D eigenvalue weighted by Gasteiger charge is -2.01. The summed E-state index contributed by atoms with van der Waals surface area (Å²) in [7, 11) is 0. The van der Waals surface area contributed by atoms with Crippen molar-refractivity contribution >= 4 is 5.78 Å². The van der Waals surface area contributed by atoms with Crippen LogP contribution in [-0.4, -0.2) is 12.0 Å². The summed E-state index contributed by atoms with van der Waals surface area (Å²) in [5.41, 5.74) is 7.35. The van der Waals surface area contributed by atoms with Gasteiger partial charge in [-0.1, -0.05) is 0 Å². The third-order valence-corrected chi connectivity index (χ3v) is 2.17. The lowest BCUT2D eigenvalue weighted by Crippen LogP contribution is -2.23. The molecule has 3 heteroatoms. The molecule has 0 aliphatic carbocycles. The summed E-state index contributed by atoms with van der Waals surface area (Å²) < 4.78 is 5.31. The van der Waals surface area contributed by atoms with Crippen LogP contribution in [0.1, 0.15) is 22.8 Å². The van der Waals surface area contributed by atoms with Crippen LogP contribution >= 0.6 is 0 Å². The summed E-state index contributed by atoms with van der Waals surface area (Å²) in [5.74, 6) is 0.876. The molecule has 0 saturated heterocycles. The number of benzene rings is 1. The molecule has 1 atom stereocenters. The van der Waals surface area contributed by atoms with Crippen molar-refractivity contribution in [3.63, 3.8) is 0 Å². The van der Waals surface area contributed by atoms with Gasteiger partial charge in [-0.25, -0.2) is 0 Å². The second-order valence-electron chi connectivity index (χ2n) is 3.24. The smallest absolute Gasteiger partial charge is 0.159 e. The Morgan fingerprint density at radius 3 is 3.08 bits per heavy atom. The molecule has 68 valence electrons. The highest BCUT2D eigenvalue weighted by Gasteiger charge is 2.19. The quantitative estimate of drug-likeness (QED) is 0.654. The van der Waals surface area contributed by atoms with Crippen molar-refractivity contribution in [1.29, 1.82) is 0 Å². The van der Waals surface area contributed by atoms with E-state index in [2.05, 4.69) is 0 Å². The van der Waals surface area contributed by atoms with Gasteiger partial charge >= 0.3 is 0 Å². The molecule has 2 rings (SSSR count). The van der Waals surface area contributed by atoms with E-state index in [9.17, 15) is 4.79 Å². The zero-order valence-electron chi connectivity index (χ0n) is 7.41. The lowest BCUT2D eigenvalue weighted by molar-refractivity contribution is 0.101. The zero-order valence-corrected chi connectivity index (χ0v) is 7.41. The molecule has 1 aromatic carbocycles. The second-order valence-corrected chi connectivity index (χ2v) is 3.24. The van der Waals surface area contributed by atoms with Crippen LogP contribution in [0.4, 0.5) is 0 Å². The van der Waals surface area contributed by atoms with E-state index in [4.69, 9.17) is 10.5 Å². The molecule has 0 aromatic heterocycles. The maximum absolute atomic E-state index is 11.1. The van der Waals surface area contributed by atoms with Gasteiger partial charge in [-0.3, -0.25) is 10.5 Å². The number of ether oxygens (including phenoxy) is 1. The van der Waals surface area contributed by atoms with Gasteiger partial charge < -0.3 is 4.74 Å². The van der Waals surface area contributed by atoms with E-state index in [1.54, 1.807) is 19.1 Å². The normalized spacial score (nSPS) is 19.4. The number of Topliss-reactive ketones (excluding diaryl/α,β-unsaturated/α-hetero) is 1. The molecular formula is C10H11NO2. The van der Waals surface area contributed by atoms with Gasteiger partial charge in [-0.2, -0.15) is 0 Å². The number of carbonyl (C=O) groups is 1. The van der Waals surface area contributed by atoms with Crippen LogP contribution in [0.3, 0.4) is 0 Å². The van der Waals surface area contributed by atoms with E-state index in [-0.39, 0.29) is 12.0 Å². The molecule has 0 radical (unpaired) electrons. The Morgan fingerprint density at radius 1 is 1.62 bits per heavy atom. The van der Waals surface area contributed by atoms with Crippen molar-refractivity contribution in [3.8, 4) is 5.75 Å². The zero-order chi connectivity index (χ0) is 9.42.